The van der Waals surface area contributed by atoms with Gasteiger partial charge in [0.25, 0.3) is 0 Å². The summed E-state index contributed by atoms with van der Waals surface area (Å²) in [7, 11) is 5.91. The average Bonchev–Trinajstić information content (AvgIpc) is 3.48. The Hall–Kier alpha value is -5.35. The van der Waals surface area contributed by atoms with Crippen molar-refractivity contribution in [1.29, 1.82) is 0 Å². The highest BCUT2D eigenvalue weighted by atomic mass is 16.7. The Bertz CT molecular complexity index is 2000. The van der Waals surface area contributed by atoms with E-state index in [1.54, 1.807) is 0 Å². The number of carboxylic acid groups (broad SMARTS) is 1. The third-order valence-corrected chi connectivity index (χ3v) is 13.5. The maximum absolute atomic E-state index is 12.9. The van der Waals surface area contributed by atoms with Crippen LogP contribution in [0.25, 0.3) is 0 Å². The van der Waals surface area contributed by atoms with E-state index in [2.05, 4.69) is 184 Å². The maximum atomic E-state index is 12.9. The van der Waals surface area contributed by atoms with E-state index >= 15 is 0 Å². The molecule has 0 aromatic heterocycles. The predicted molar refractivity (Wildman–Crippen MR) is 361 cm³/mol. The molecule has 0 saturated carbocycles. The number of ether oxygens (including phenoxy) is 4. The Morgan fingerprint density at radius 2 is 0.635 bits per heavy atom. The first-order chi connectivity index (χ1) is 41.6. The molecule has 0 amide bonds. The fraction of sp³-hybridized carbons (Fsp3) is 0.592. The molecule has 0 rings (SSSR count). The molecular weight excluding hydrogens is 1050 g/mol. The lowest BCUT2D eigenvalue weighted by Crippen LogP contribution is -2.44. The Labute approximate surface area is 520 Å². The lowest BCUT2D eigenvalue weighted by molar-refractivity contribution is -0.870. The Kier molecular flexibility index (Phi) is 60.6. The molecule has 0 spiro atoms. The van der Waals surface area contributed by atoms with Crippen molar-refractivity contribution in [3.63, 3.8) is 0 Å². The summed E-state index contributed by atoms with van der Waals surface area (Å²) in [5.41, 5.74) is 0. The standard InChI is InChI=1S/C76H121NO8/c1-6-8-10-12-14-16-18-20-22-24-26-28-30-31-32-33-34-35-36-37-38-39-40-41-42-43-45-47-49-51-53-55-57-59-61-63-65-67-74(79)85-72(71-84-76(75(80)81)82-69-68-77(3,4)5)70-83-73(78)66-64-62-60-58-56-54-52-50-48-46-44-29-27-25-23-21-19-17-15-13-11-9-7-2/h8-11,14-17,20-23,26-29,31-32,34-35,37-38,40-41,43,45-46,48,72,76H,6-7,12-13,18-19,24-25,30,33,36,39,42,44,47,49-71H2,1-5H3/b10-8-,11-9-,16-14-,17-15-,22-20-,23-21-,28-26-,29-27-,32-31-,35-34-,38-37-,41-40-,45-43-,48-46-. The van der Waals surface area contributed by atoms with Crippen molar-refractivity contribution >= 4 is 17.9 Å². The Balaban J connectivity index is 4.23. The van der Waals surface area contributed by atoms with Crippen molar-refractivity contribution in [2.75, 3.05) is 47.5 Å². The van der Waals surface area contributed by atoms with Gasteiger partial charge in [0.05, 0.1) is 40.3 Å². The van der Waals surface area contributed by atoms with Crippen LogP contribution in [0.4, 0.5) is 0 Å². The van der Waals surface area contributed by atoms with Gasteiger partial charge in [-0.3, -0.25) is 9.59 Å². The van der Waals surface area contributed by atoms with Crippen molar-refractivity contribution in [3.8, 4) is 0 Å². The Morgan fingerprint density at radius 1 is 0.353 bits per heavy atom. The van der Waals surface area contributed by atoms with Gasteiger partial charge in [0, 0.05) is 12.8 Å². The SMILES string of the molecule is CC/C=C\C/C=C\C/C=C\C/C=C\C/C=C\C/C=C\C/C=C\C/C=C\C/C=C\CCCCCCCCCCCC(=O)OC(COC(=O)CCCCCCCCC/C=C\C/C=C\C/C=C\C/C=C\C/C=C\CC)COC(OCC[N+](C)(C)C)C(=O)[O-]. The molecule has 0 fully saturated rings. The first-order valence-corrected chi connectivity index (χ1v) is 33.3. The first kappa shape index (κ1) is 79.7. The highest BCUT2D eigenvalue weighted by Crippen LogP contribution is 2.15. The number of nitrogens with zero attached hydrogens (tertiary/aromatic N) is 1. The minimum Gasteiger partial charge on any atom is -0.545 e. The molecule has 0 aromatic carbocycles. The summed E-state index contributed by atoms with van der Waals surface area (Å²) in [6, 6.07) is 0. The number of carboxylic acids is 1. The lowest BCUT2D eigenvalue weighted by Gasteiger charge is -2.26. The van der Waals surface area contributed by atoms with Gasteiger partial charge in [0.15, 0.2) is 12.4 Å². The van der Waals surface area contributed by atoms with E-state index in [4.69, 9.17) is 18.9 Å². The molecule has 0 bridgehead atoms. The number of hydrogen-bond acceptors (Lipinski definition) is 8. The van der Waals surface area contributed by atoms with Crippen molar-refractivity contribution in [2.45, 2.75) is 245 Å². The zero-order valence-corrected chi connectivity index (χ0v) is 54.4. The van der Waals surface area contributed by atoms with Crippen LogP contribution in [0, 0.1) is 0 Å². The molecule has 0 heterocycles. The summed E-state index contributed by atoms with van der Waals surface area (Å²) in [5.74, 6) is -2.32. The third-order valence-electron chi connectivity index (χ3n) is 13.5. The number of esters is 2. The van der Waals surface area contributed by atoms with Gasteiger partial charge < -0.3 is 33.3 Å². The molecule has 0 aliphatic carbocycles. The van der Waals surface area contributed by atoms with Crippen LogP contribution in [0.15, 0.2) is 170 Å². The van der Waals surface area contributed by atoms with Gasteiger partial charge in [-0.2, -0.15) is 0 Å². The summed E-state index contributed by atoms with van der Waals surface area (Å²) in [6.07, 6.45) is 94.1. The van der Waals surface area contributed by atoms with Crippen LogP contribution < -0.4 is 5.11 Å². The number of hydrogen-bond donors (Lipinski definition) is 0. The van der Waals surface area contributed by atoms with Crippen LogP contribution in [0.2, 0.25) is 0 Å². The van der Waals surface area contributed by atoms with Crippen LogP contribution in [0.1, 0.15) is 232 Å². The minimum atomic E-state index is -1.64. The highest BCUT2D eigenvalue weighted by molar-refractivity contribution is 5.70. The van der Waals surface area contributed by atoms with Gasteiger partial charge in [-0.05, 0) is 128 Å². The molecule has 0 aliphatic heterocycles. The van der Waals surface area contributed by atoms with Gasteiger partial charge in [-0.25, -0.2) is 0 Å². The van der Waals surface area contributed by atoms with Crippen LogP contribution in [0.3, 0.4) is 0 Å². The number of aliphatic carboxylic acids is 1. The van der Waals surface area contributed by atoms with Gasteiger partial charge in [0.1, 0.15) is 13.2 Å². The molecule has 0 saturated heterocycles. The topological polar surface area (TPSA) is 111 Å². The van der Waals surface area contributed by atoms with Gasteiger partial charge >= 0.3 is 11.9 Å². The number of likely N-dealkylation sites (N-methyl/N-ethyl adjacent to an activating group) is 1. The van der Waals surface area contributed by atoms with E-state index in [0.29, 0.717) is 17.4 Å². The number of allylic oxidation sites excluding steroid dienone is 28. The van der Waals surface area contributed by atoms with Crippen molar-refractivity contribution < 1.29 is 42.9 Å². The van der Waals surface area contributed by atoms with E-state index < -0.39 is 24.3 Å². The van der Waals surface area contributed by atoms with Crippen LogP contribution in [0.5, 0.6) is 0 Å². The number of rotatable bonds is 59. The smallest absolute Gasteiger partial charge is 0.306 e. The largest absolute Gasteiger partial charge is 0.545 e. The summed E-state index contributed by atoms with van der Waals surface area (Å²) in [6.45, 7) is 4.48. The second-order valence-electron chi connectivity index (χ2n) is 22.6. The van der Waals surface area contributed by atoms with Crippen molar-refractivity contribution in [3.05, 3.63) is 170 Å². The molecule has 2 unspecified atom stereocenters. The van der Waals surface area contributed by atoms with E-state index in [0.717, 1.165) is 148 Å². The van der Waals surface area contributed by atoms with Gasteiger partial charge in [-0.1, -0.05) is 261 Å². The van der Waals surface area contributed by atoms with Crippen LogP contribution in [-0.4, -0.2) is 82.3 Å². The minimum absolute atomic E-state index is 0.135. The molecule has 0 radical (unpaired) electrons. The van der Waals surface area contributed by atoms with Crippen LogP contribution >= 0.6 is 0 Å². The normalized spacial score (nSPS) is 13.8. The zero-order chi connectivity index (χ0) is 61.9. The molecule has 0 aromatic rings. The molecule has 9 heteroatoms. The summed E-state index contributed by atoms with van der Waals surface area (Å²) < 4.78 is 22.7. The zero-order valence-electron chi connectivity index (χ0n) is 54.4. The second kappa shape index (κ2) is 64.6. The van der Waals surface area contributed by atoms with E-state index in [-0.39, 0.29) is 38.6 Å². The first-order valence-electron chi connectivity index (χ1n) is 33.3. The van der Waals surface area contributed by atoms with Crippen LogP contribution in [-0.2, 0) is 33.3 Å². The molecule has 85 heavy (non-hydrogen) atoms. The molecule has 9 nitrogen and oxygen atoms in total. The monoisotopic (exact) mass is 1180 g/mol. The van der Waals surface area contributed by atoms with E-state index in [1.807, 2.05) is 21.1 Å². The number of carbonyl (C=O) groups is 3. The predicted octanol–water partition coefficient (Wildman–Crippen LogP) is 19.3. The third kappa shape index (κ3) is 66.0. The van der Waals surface area contributed by atoms with Gasteiger partial charge in [-0.15, -0.1) is 0 Å². The van der Waals surface area contributed by atoms with Gasteiger partial charge in [0.2, 0.25) is 0 Å². The van der Waals surface area contributed by atoms with E-state index in [9.17, 15) is 19.5 Å². The highest BCUT2D eigenvalue weighted by Gasteiger charge is 2.22. The molecular formula is C76H121NO8. The number of carbonyl (C=O) groups excluding carboxylic acids is 3. The van der Waals surface area contributed by atoms with Crippen molar-refractivity contribution in [2.24, 2.45) is 0 Å². The fourth-order valence-electron chi connectivity index (χ4n) is 8.44. The van der Waals surface area contributed by atoms with Crippen molar-refractivity contribution in [1.82, 2.24) is 0 Å². The quantitative estimate of drug-likeness (QED) is 0.0195. The summed E-state index contributed by atoms with van der Waals surface area (Å²) in [5, 5.41) is 11.8. The average molecular weight is 1180 g/mol. The number of unbranched alkanes of at least 4 members (excludes halogenated alkanes) is 16. The summed E-state index contributed by atoms with van der Waals surface area (Å²) >= 11 is 0. The lowest BCUT2D eigenvalue weighted by atomic mass is 10.1. The Morgan fingerprint density at radius 3 is 0.941 bits per heavy atom. The molecule has 0 N–H and O–H groups in total. The second-order valence-corrected chi connectivity index (χ2v) is 22.6. The summed E-state index contributed by atoms with van der Waals surface area (Å²) in [4.78, 5) is 37.4. The molecule has 478 valence electrons. The van der Waals surface area contributed by atoms with E-state index in [1.165, 1.54) is 51.4 Å². The maximum Gasteiger partial charge on any atom is 0.306 e. The fourth-order valence-corrected chi connectivity index (χ4v) is 8.44. The molecule has 0 aliphatic rings. The molecule has 2 atom stereocenters. The number of quaternary nitrogens is 1.